The van der Waals surface area contributed by atoms with Crippen LogP contribution in [-0.4, -0.2) is 19.5 Å². The predicted octanol–water partition coefficient (Wildman–Crippen LogP) is 7.87. The summed E-state index contributed by atoms with van der Waals surface area (Å²) in [6.07, 6.45) is 4.91. The minimum atomic E-state index is -1.10. The number of allylic oxidation sites excluding steroid dienone is 5. The molecule has 0 unspecified atom stereocenters. The van der Waals surface area contributed by atoms with Gasteiger partial charge in [0.2, 0.25) is 0 Å². The van der Waals surface area contributed by atoms with Crippen LogP contribution in [0.25, 0.3) is 16.7 Å². The van der Waals surface area contributed by atoms with Crippen LogP contribution >= 0.6 is 0 Å². The van der Waals surface area contributed by atoms with Crippen LogP contribution in [0.15, 0.2) is 78.4 Å². The lowest BCUT2D eigenvalue weighted by atomic mass is 9.95. The maximum atomic E-state index is 15.1. The van der Waals surface area contributed by atoms with Crippen molar-refractivity contribution in [3.63, 3.8) is 0 Å². The smallest absolute Gasteiger partial charge is 0.176 e. The molecule has 0 radical (unpaired) electrons. The maximum absolute atomic E-state index is 15.1. The monoisotopic (exact) mass is 472 g/mol. The number of hydrogen-bond acceptors (Lipinski definition) is 2. The summed E-state index contributed by atoms with van der Waals surface area (Å²) in [4.78, 5) is 0. The maximum Gasteiger partial charge on any atom is 0.176 e. The highest BCUT2D eigenvalue weighted by Gasteiger charge is 2.28. The topological polar surface area (TPSA) is 18.5 Å². The molecule has 2 aromatic carbocycles. The Labute approximate surface area is 197 Å². The summed E-state index contributed by atoms with van der Waals surface area (Å²) in [6.45, 7) is 9.27. The molecule has 0 saturated carbocycles. The van der Waals surface area contributed by atoms with Gasteiger partial charge < -0.3 is 9.47 Å². The molecule has 0 spiro atoms. The first kappa shape index (κ1) is 25.7. The van der Waals surface area contributed by atoms with Gasteiger partial charge in [-0.3, -0.25) is 0 Å². The summed E-state index contributed by atoms with van der Waals surface area (Å²) in [6, 6.07) is 9.09. The van der Waals surface area contributed by atoms with Crippen molar-refractivity contribution in [2.24, 2.45) is 5.92 Å². The number of hydrogen-bond donors (Lipinski definition) is 0. The first-order valence-corrected chi connectivity index (χ1v) is 11.2. The van der Waals surface area contributed by atoms with E-state index in [1.165, 1.54) is 42.5 Å². The predicted molar refractivity (Wildman–Crippen MR) is 127 cm³/mol. The molecule has 6 heteroatoms. The van der Waals surface area contributed by atoms with E-state index < -0.39 is 35.5 Å². The molecular weight excluding hydrogens is 444 g/mol. The van der Waals surface area contributed by atoms with Crippen LogP contribution in [0, 0.1) is 17.6 Å². The van der Waals surface area contributed by atoms with Gasteiger partial charge in [-0.25, -0.2) is 17.6 Å². The van der Waals surface area contributed by atoms with E-state index in [2.05, 4.69) is 6.58 Å². The van der Waals surface area contributed by atoms with E-state index in [-0.39, 0.29) is 29.9 Å². The molecule has 1 heterocycles. The fraction of sp³-hybridized carbons (Fsp3) is 0.286. The van der Waals surface area contributed by atoms with Gasteiger partial charge in [-0.2, -0.15) is 0 Å². The molecule has 1 aliphatic rings. The first-order chi connectivity index (χ1) is 16.3. The summed E-state index contributed by atoms with van der Waals surface area (Å²) in [5.41, 5.74) is 1.12. The minimum absolute atomic E-state index is 0.0961. The number of ether oxygens (including phenoxy) is 2. The lowest BCUT2D eigenvalue weighted by Gasteiger charge is -2.29. The number of rotatable bonds is 7. The number of benzene rings is 2. The highest BCUT2D eigenvalue weighted by Crippen LogP contribution is 2.35. The van der Waals surface area contributed by atoms with Crippen molar-refractivity contribution in [3.05, 3.63) is 101 Å². The van der Waals surface area contributed by atoms with Gasteiger partial charge in [0.15, 0.2) is 29.6 Å². The molecule has 1 aliphatic heterocycles. The SMILES string of the molecule is C=C(/C(F)=C(F)\C(=C/C)C1COC(/C=C/C)OC1)c1ccc(-c2ccc(CC)c(F)c2F)cc1. The Morgan fingerprint density at radius 1 is 0.971 bits per heavy atom. The molecule has 0 bridgehead atoms. The number of aryl methyl sites for hydroxylation is 1. The van der Waals surface area contributed by atoms with Crippen molar-refractivity contribution < 1.29 is 27.0 Å². The van der Waals surface area contributed by atoms with Gasteiger partial charge in [-0.05, 0) is 48.6 Å². The van der Waals surface area contributed by atoms with Crippen LogP contribution in [0.1, 0.15) is 31.9 Å². The summed E-state index contributed by atoms with van der Waals surface area (Å²) >= 11 is 0. The standard InChI is InChI=1S/C28H28F4O2/c1-5-8-24-33-15-21(16-34-24)22(7-3)27(31)25(29)17(4)19-9-11-20(12-10-19)23-14-13-18(6-2)26(30)28(23)32/h5,7-14,21,24H,4,6,15-16H2,1-3H3/b8-5+,22-7-,27-25-. The molecule has 180 valence electrons. The Hall–Kier alpha value is -2.96. The van der Waals surface area contributed by atoms with Crippen LogP contribution in [0.5, 0.6) is 0 Å². The van der Waals surface area contributed by atoms with E-state index in [0.29, 0.717) is 23.1 Å². The van der Waals surface area contributed by atoms with Gasteiger partial charge in [0.05, 0.1) is 13.2 Å². The molecule has 0 atom stereocenters. The van der Waals surface area contributed by atoms with Crippen LogP contribution in [0.3, 0.4) is 0 Å². The molecule has 2 aromatic rings. The lowest BCUT2D eigenvalue weighted by Crippen LogP contribution is -2.32. The second-order valence-corrected chi connectivity index (χ2v) is 7.94. The molecule has 34 heavy (non-hydrogen) atoms. The normalized spacial score (nSPS) is 19.9. The van der Waals surface area contributed by atoms with Crippen molar-refractivity contribution in [1.29, 1.82) is 0 Å². The van der Waals surface area contributed by atoms with Gasteiger partial charge in [-0.1, -0.05) is 62.1 Å². The molecule has 0 N–H and O–H groups in total. The molecule has 0 amide bonds. The summed E-state index contributed by atoms with van der Waals surface area (Å²) < 4.78 is 69.8. The van der Waals surface area contributed by atoms with E-state index in [1.807, 2.05) is 6.92 Å². The van der Waals surface area contributed by atoms with Crippen LogP contribution < -0.4 is 0 Å². The summed E-state index contributed by atoms with van der Waals surface area (Å²) in [5.74, 6) is -4.40. The van der Waals surface area contributed by atoms with E-state index >= 15 is 8.78 Å². The van der Waals surface area contributed by atoms with E-state index in [4.69, 9.17) is 9.47 Å². The van der Waals surface area contributed by atoms with Gasteiger partial charge in [0.25, 0.3) is 0 Å². The van der Waals surface area contributed by atoms with Crippen LogP contribution in [-0.2, 0) is 15.9 Å². The van der Waals surface area contributed by atoms with Crippen LogP contribution in [0.4, 0.5) is 17.6 Å². The minimum Gasteiger partial charge on any atom is -0.348 e. The molecule has 0 aliphatic carbocycles. The Balaban J connectivity index is 1.80. The molecule has 2 nitrogen and oxygen atoms in total. The average Bonchev–Trinajstić information content (AvgIpc) is 2.86. The molecule has 1 saturated heterocycles. The zero-order valence-electron chi connectivity index (χ0n) is 19.5. The number of halogens is 4. The van der Waals surface area contributed by atoms with Crippen molar-refractivity contribution in [1.82, 2.24) is 0 Å². The zero-order valence-corrected chi connectivity index (χ0v) is 19.5. The molecule has 3 rings (SSSR count). The van der Waals surface area contributed by atoms with Crippen LogP contribution in [0.2, 0.25) is 0 Å². The van der Waals surface area contributed by atoms with Gasteiger partial charge in [0.1, 0.15) is 0 Å². The largest absolute Gasteiger partial charge is 0.348 e. The van der Waals surface area contributed by atoms with E-state index in [0.717, 1.165) is 0 Å². The highest BCUT2D eigenvalue weighted by molar-refractivity contribution is 5.78. The second kappa shape index (κ2) is 11.4. The first-order valence-electron chi connectivity index (χ1n) is 11.2. The van der Waals surface area contributed by atoms with Crippen molar-refractivity contribution in [3.8, 4) is 11.1 Å². The third-order valence-electron chi connectivity index (χ3n) is 5.82. The Morgan fingerprint density at radius 3 is 2.18 bits per heavy atom. The van der Waals surface area contributed by atoms with Crippen molar-refractivity contribution in [2.45, 2.75) is 33.5 Å². The Morgan fingerprint density at radius 2 is 1.62 bits per heavy atom. The summed E-state index contributed by atoms with van der Waals surface area (Å²) in [7, 11) is 0. The fourth-order valence-electron chi connectivity index (χ4n) is 3.83. The average molecular weight is 473 g/mol. The van der Waals surface area contributed by atoms with Gasteiger partial charge in [0, 0.05) is 17.1 Å². The van der Waals surface area contributed by atoms with E-state index in [9.17, 15) is 8.78 Å². The molecule has 0 aromatic heterocycles. The van der Waals surface area contributed by atoms with Crippen molar-refractivity contribution in [2.75, 3.05) is 13.2 Å². The lowest BCUT2D eigenvalue weighted by molar-refractivity contribution is -0.167. The van der Waals surface area contributed by atoms with E-state index in [1.54, 1.807) is 26.0 Å². The quantitative estimate of drug-likeness (QED) is 0.232. The molecular formula is C28H28F4O2. The Kier molecular flexibility index (Phi) is 8.64. The van der Waals surface area contributed by atoms with Gasteiger partial charge >= 0.3 is 0 Å². The van der Waals surface area contributed by atoms with Crippen molar-refractivity contribution >= 4 is 5.57 Å². The second-order valence-electron chi connectivity index (χ2n) is 7.94. The molecule has 1 fully saturated rings. The third-order valence-corrected chi connectivity index (χ3v) is 5.82. The fourth-order valence-corrected chi connectivity index (χ4v) is 3.83. The summed E-state index contributed by atoms with van der Waals surface area (Å²) in [5, 5.41) is 0. The van der Waals surface area contributed by atoms with Gasteiger partial charge in [-0.15, -0.1) is 0 Å². The zero-order chi connectivity index (χ0) is 24.8. The highest BCUT2D eigenvalue weighted by atomic mass is 19.2. The third kappa shape index (κ3) is 5.40. The Bertz CT molecular complexity index is 1120.